The molecule has 0 spiro atoms. The number of hydrogen-bond acceptors (Lipinski definition) is 7. The summed E-state index contributed by atoms with van der Waals surface area (Å²) in [5, 5.41) is 22.9. The molecule has 100 valence electrons. The topological polar surface area (TPSA) is 98.5 Å². The van der Waals surface area contributed by atoms with E-state index in [4.69, 9.17) is 0 Å². The van der Waals surface area contributed by atoms with Crippen molar-refractivity contribution >= 4 is 22.4 Å². The van der Waals surface area contributed by atoms with Gasteiger partial charge in [-0.2, -0.15) is 0 Å². The minimum Gasteiger partial charge on any atom is -0.294 e. The highest BCUT2D eigenvalue weighted by molar-refractivity contribution is 7.15. The number of para-hydroxylation sites is 1. The van der Waals surface area contributed by atoms with Crippen molar-refractivity contribution in [3.05, 3.63) is 41.2 Å². The third kappa shape index (κ3) is 2.52. The Morgan fingerprint density at radius 1 is 1.20 bits per heavy atom. The van der Waals surface area contributed by atoms with E-state index in [0.29, 0.717) is 5.13 Å². The average Bonchev–Trinajstić information content (AvgIpc) is 3.09. The first kappa shape index (κ1) is 12.4. The number of hydrogen-bond donors (Lipinski definition) is 1. The number of benzene rings is 1. The van der Waals surface area contributed by atoms with Crippen LogP contribution in [0.2, 0.25) is 0 Å². The Bertz CT molecular complexity index is 736. The molecule has 1 N–H and O–H groups in total. The van der Waals surface area contributed by atoms with Gasteiger partial charge in [0.15, 0.2) is 0 Å². The molecule has 0 fully saturated rings. The minimum atomic E-state index is -0.469. The summed E-state index contributed by atoms with van der Waals surface area (Å²) in [5.41, 5.74) is 0.728. The third-order valence-corrected chi connectivity index (χ3v) is 3.10. The molecule has 8 nitrogen and oxygen atoms in total. The van der Waals surface area contributed by atoms with E-state index in [9.17, 15) is 4.79 Å². The summed E-state index contributed by atoms with van der Waals surface area (Å²) >= 11 is 1.28. The fourth-order valence-electron chi connectivity index (χ4n) is 1.48. The van der Waals surface area contributed by atoms with Crippen LogP contribution in [-0.2, 0) is 0 Å². The fourth-order valence-corrected chi connectivity index (χ4v) is 2.06. The molecule has 0 bridgehead atoms. The number of carbonyl (C=O) groups is 1. The first-order valence-electron chi connectivity index (χ1n) is 5.69. The average molecular weight is 287 g/mol. The van der Waals surface area contributed by atoms with Crippen molar-refractivity contribution in [1.82, 2.24) is 30.4 Å². The van der Waals surface area contributed by atoms with Crippen molar-refractivity contribution in [2.75, 3.05) is 5.32 Å². The maximum absolute atomic E-state index is 11.9. The molecule has 0 aliphatic carbocycles. The molecule has 0 aliphatic rings. The van der Waals surface area contributed by atoms with Gasteiger partial charge in [0.2, 0.25) is 5.13 Å². The van der Waals surface area contributed by atoms with E-state index in [2.05, 4.69) is 30.9 Å². The molecule has 2 aromatic heterocycles. The summed E-state index contributed by atoms with van der Waals surface area (Å²) in [6.45, 7) is 1.80. The quantitative estimate of drug-likeness (QED) is 0.773. The number of amides is 1. The molecule has 20 heavy (non-hydrogen) atoms. The molecule has 2 heterocycles. The van der Waals surface area contributed by atoms with Crippen LogP contribution in [0.3, 0.4) is 0 Å². The summed E-state index contributed by atoms with van der Waals surface area (Å²) in [5.74, 6) is -0.495. The number of aromatic nitrogens is 6. The van der Waals surface area contributed by atoms with Gasteiger partial charge >= 0.3 is 0 Å². The van der Waals surface area contributed by atoms with Crippen molar-refractivity contribution in [3.8, 4) is 5.69 Å². The zero-order valence-electron chi connectivity index (χ0n) is 10.4. The van der Waals surface area contributed by atoms with Crippen LogP contribution < -0.4 is 5.32 Å². The highest BCUT2D eigenvalue weighted by Crippen LogP contribution is 2.14. The van der Waals surface area contributed by atoms with Crippen molar-refractivity contribution in [2.24, 2.45) is 0 Å². The molecular formula is C11H9N7OS. The smallest absolute Gasteiger partial charge is 0.294 e. The summed E-state index contributed by atoms with van der Waals surface area (Å²) in [4.78, 5) is 13.2. The normalized spacial score (nSPS) is 10.4. The van der Waals surface area contributed by atoms with Crippen molar-refractivity contribution < 1.29 is 4.79 Å². The van der Waals surface area contributed by atoms with Crippen LogP contribution in [0.15, 0.2) is 30.3 Å². The van der Waals surface area contributed by atoms with Gasteiger partial charge in [-0.1, -0.05) is 29.5 Å². The van der Waals surface area contributed by atoms with E-state index in [1.165, 1.54) is 16.1 Å². The largest absolute Gasteiger partial charge is 0.299 e. The van der Waals surface area contributed by atoms with Crippen LogP contribution in [-0.4, -0.2) is 36.3 Å². The van der Waals surface area contributed by atoms with Gasteiger partial charge in [-0.3, -0.25) is 10.1 Å². The zero-order valence-corrected chi connectivity index (χ0v) is 11.2. The highest BCUT2D eigenvalue weighted by Gasteiger charge is 2.15. The van der Waals surface area contributed by atoms with Crippen molar-refractivity contribution in [3.63, 3.8) is 0 Å². The Kier molecular flexibility index (Phi) is 3.17. The lowest BCUT2D eigenvalue weighted by Gasteiger charge is -1.96. The minimum absolute atomic E-state index is 0.0262. The van der Waals surface area contributed by atoms with Gasteiger partial charge in [-0.05, 0) is 24.3 Å². The number of nitrogens with zero attached hydrogens (tertiary/aromatic N) is 6. The van der Waals surface area contributed by atoms with E-state index in [1.54, 1.807) is 6.92 Å². The van der Waals surface area contributed by atoms with Crippen LogP contribution in [0.4, 0.5) is 5.13 Å². The summed E-state index contributed by atoms with van der Waals surface area (Å²) in [7, 11) is 0. The van der Waals surface area contributed by atoms with E-state index in [1.807, 2.05) is 30.3 Å². The first-order valence-corrected chi connectivity index (χ1v) is 6.51. The maximum atomic E-state index is 11.9. The van der Waals surface area contributed by atoms with Crippen LogP contribution >= 0.6 is 11.3 Å². The van der Waals surface area contributed by atoms with E-state index in [-0.39, 0.29) is 5.82 Å². The van der Waals surface area contributed by atoms with Gasteiger partial charge in [-0.15, -0.1) is 25.2 Å². The molecule has 0 radical (unpaired) electrons. The zero-order chi connectivity index (χ0) is 13.9. The van der Waals surface area contributed by atoms with E-state index < -0.39 is 5.91 Å². The van der Waals surface area contributed by atoms with Crippen molar-refractivity contribution in [2.45, 2.75) is 6.92 Å². The molecule has 0 aliphatic heterocycles. The third-order valence-electron chi connectivity index (χ3n) is 2.35. The van der Waals surface area contributed by atoms with Gasteiger partial charge in [0.05, 0.1) is 5.69 Å². The second-order valence-electron chi connectivity index (χ2n) is 3.82. The first-order chi connectivity index (χ1) is 9.72. The maximum Gasteiger partial charge on any atom is 0.299 e. The lowest BCUT2D eigenvalue weighted by Crippen LogP contribution is -2.14. The summed E-state index contributed by atoms with van der Waals surface area (Å²) in [6.07, 6.45) is 0. The SMILES string of the molecule is Cc1nnc(NC(=O)c2nnn(-c3ccccc3)n2)s1. The monoisotopic (exact) mass is 287 g/mol. The Labute approximate surface area is 117 Å². The number of aryl methyl sites for hydroxylation is 1. The molecule has 0 unspecified atom stereocenters. The number of tetrazole rings is 1. The molecule has 3 aromatic rings. The molecule has 0 saturated heterocycles. The Morgan fingerprint density at radius 2 is 2.00 bits per heavy atom. The molecule has 1 amide bonds. The number of carbonyl (C=O) groups excluding carboxylic acids is 1. The van der Waals surface area contributed by atoms with Gasteiger partial charge in [0, 0.05) is 0 Å². The summed E-state index contributed by atoms with van der Waals surface area (Å²) < 4.78 is 0. The lowest BCUT2D eigenvalue weighted by molar-refractivity contribution is 0.101. The van der Waals surface area contributed by atoms with Crippen LogP contribution in [0.1, 0.15) is 15.6 Å². The Morgan fingerprint density at radius 3 is 2.70 bits per heavy atom. The van der Waals surface area contributed by atoms with Gasteiger partial charge in [0.25, 0.3) is 11.7 Å². The second-order valence-corrected chi connectivity index (χ2v) is 5.00. The van der Waals surface area contributed by atoms with Gasteiger partial charge < -0.3 is 0 Å². The predicted octanol–water partition coefficient (Wildman–Crippen LogP) is 1.07. The van der Waals surface area contributed by atoms with Crippen LogP contribution in [0, 0.1) is 6.92 Å². The van der Waals surface area contributed by atoms with Gasteiger partial charge in [0.1, 0.15) is 5.01 Å². The standard InChI is InChI=1S/C11H9N7OS/c1-7-13-15-11(20-7)12-10(19)9-14-17-18(16-9)8-5-3-2-4-6-8/h2-6H,1H3,(H,12,15,19). The fraction of sp³-hybridized carbons (Fsp3) is 0.0909. The molecule has 9 heteroatoms. The predicted molar refractivity (Wildman–Crippen MR) is 71.8 cm³/mol. The Hall–Kier alpha value is -2.68. The Balaban J connectivity index is 1.78. The molecule has 0 saturated carbocycles. The molecule has 3 rings (SSSR count). The number of rotatable bonds is 3. The highest BCUT2D eigenvalue weighted by atomic mass is 32.1. The number of anilines is 1. The van der Waals surface area contributed by atoms with Crippen molar-refractivity contribution in [1.29, 1.82) is 0 Å². The van der Waals surface area contributed by atoms with E-state index in [0.717, 1.165) is 10.7 Å². The molecule has 0 atom stereocenters. The second kappa shape index (κ2) is 5.13. The molecule has 1 aromatic carbocycles. The lowest BCUT2D eigenvalue weighted by atomic mass is 10.3. The van der Waals surface area contributed by atoms with Crippen LogP contribution in [0.5, 0.6) is 0 Å². The summed E-state index contributed by atoms with van der Waals surface area (Å²) in [6, 6.07) is 9.21. The van der Waals surface area contributed by atoms with E-state index >= 15 is 0 Å². The van der Waals surface area contributed by atoms with Crippen LogP contribution in [0.25, 0.3) is 5.69 Å². The number of nitrogens with one attached hydrogen (secondary N) is 1. The van der Waals surface area contributed by atoms with Gasteiger partial charge in [-0.25, -0.2) is 0 Å². The molecular weight excluding hydrogens is 278 g/mol.